The van der Waals surface area contributed by atoms with Crippen molar-refractivity contribution in [1.82, 2.24) is 15.5 Å². The highest BCUT2D eigenvalue weighted by molar-refractivity contribution is 7.08. The summed E-state index contributed by atoms with van der Waals surface area (Å²) >= 11 is 1.64. The van der Waals surface area contributed by atoms with Gasteiger partial charge < -0.3 is 9.84 Å². The molecule has 4 nitrogen and oxygen atoms in total. The van der Waals surface area contributed by atoms with Gasteiger partial charge in [-0.3, -0.25) is 0 Å². The van der Waals surface area contributed by atoms with Crippen LogP contribution in [-0.2, 0) is 5.54 Å². The second kappa shape index (κ2) is 3.68. The molecule has 0 bridgehead atoms. The zero-order chi connectivity index (χ0) is 11.0. The molecule has 0 saturated carbocycles. The highest BCUT2D eigenvalue weighted by atomic mass is 32.1. The fourth-order valence-electron chi connectivity index (χ4n) is 2.03. The lowest BCUT2D eigenvalue weighted by molar-refractivity contribution is 0.275. The third kappa shape index (κ3) is 1.56. The third-order valence-corrected chi connectivity index (χ3v) is 3.73. The molecular weight excluding hydrogens is 222 g/mol. The van der Waals surface area contributed by atoms with Crippen LogP contribution in [0, 0.1) is 0 Å². The van der Waals surface area contributed by atoms with Crippen molar-refractivity contribution in [3.8, 4) is 11.4 Å². The summed E-state index contributed by atoms with van der Waals surface area (Å²) in [4.78, 5) is 4.47. The Labute approximate surface area is 97.7 Å². The number of thiophene rings is 1. The van der Waals surface area contributed by atoms with Crippen molar-refractivity contribution in [2.75, 3.05) is 6.54 Å². The van der Waals surface area contributed by atoms with E-state index in [2.05, 4.69) is 22.4 Å². The Morgan fingerprint density at radius 3 is 3.19 bits per heavy atom. The molecule has 1 aliphatic heterocycles. The molecule has 1 unspecified atom stereocenters. The van der Waals surface area contributed by atoms with E-state index < -0.39 is 0 Å². The van der Waals surface area contributed by atoms with E-state index in [0.29, 0.717) is 11.7 Å². The number of hydrogen-bond donors (Lipinski definition) is 1. The maximum absolute atomic E-state index is 5.36. The normalized spacial score (nSPS) is 25.1. The molecule has 3 heterocycles. The smallest absolute Gasteiger partial charge is 0.246 e. The van der Waals surface area contributed by atoms with Gasteiger partial charge in [-0.2, -0.15) is 16.3 Å². The van der Waals surface area contributed by atoms with Crippen LogP contribution in [0.5, 0.6) is 0 Å². The summed E-state index contributed by atoms with van der Waals surface area (Å²) in [5.41, 5.74) is 0.892. The second-order valence-electron chi connectivity index (χ2n) is 4.30. The van der Waals surface area contributed by atoms with Crippen molar-refractivity contribution in [1.29, 1.82) is 0 Å². The quantitative estimate of drug-likeness (QED) is 0.868. The van der Waals surface area contributed by atoms with Crippen LogP contribution < -0.4 is 5.32 Å². The maximum atomic E-state index is 5.36. The summed E-state index contributed by atoms with van der Waals surface area (Å²) in [6.45, 7) is 3.14. The first kappa shape index (κ1) is 9.99. The molecule has 1 saturated heterocycles. The topological polar surface area (TPSA) is 51.0 Å². The highest BCUT2D eigenvalue weighted by Crippen LogP contribution is 2.30. The molecule has 1 aliphatic rings. The van der Waals surface area contributed by atoms with Crippen molar-refractivity contribution < 1.29 is 4.52 Å². The van der Waals surface area contributed by atoms with Crippen LogP contribution in [0.4, 0.5) is 0 Å². The largest absolute Gasteiger partial charge is 0.337 e. The van der Waals surface area contributed by atoms with Gasteiger partial charge in [0.1, 0.15) is 0 Å². The zero-order valence-corrected chi connectivity index (χ0v) is 9.88. The maximum Gasteiger partial charge on any atom is 0.246 e. The molecule has 2 aromatic heterocycles. The SMILES string of the molecule is CC1(c2nc(-c3ccsc3)no2)CCCN1. The summed E-state index contributed by atoms with van der Waals surface area (Å²) in [6.07, 6.45) is 2.21. The monoisotopic (exact) mass is 235 g/mol. The predicted octanol–water partition coefficient (Wildman–Crippen LogP) is 2.40. The average Bonchev–Trinajstić information content (AvgIpc) is 2.98. The highest BCUT2D eigenvalue weighted by Gasteiger charge is 2.35. The van der Waals surface area contributed by atoms with Crippen LogP contribution in [0.15, 0.2) is 21.3 Å². The standard InChI is InChI=1S/C11H13N3OS/c1-11(4-2-5-12-11)10-13-9(14-15-10)8-3-6-16-7-8/h3,6-7,12H,2,4-5H2,1H3. The lowest BCUT2D eigenvalue weighted by Crippen LogP contribution is -2.33. The molecule has 1 fully saturated rings. The Balaban J connectivity index is 1.93. The van der Waals surface area contributed by atoms with Crippen LogP contribution in [0.3, 0.4) is 0 Å². The zero-order valence-electron chi connectivity index (χ0n) is 9.06. The first-order chi connectivity index (χ1) is 7.78. The van der Waals surface area contributed by atoms with E-state index in [1.807, 2.05) is 16.8 Å². The van der Waals surface area contributed by atoms with Crippen molar-refractivity contribution in [2.24, 2.45) is 0 Å². The van der Waals surface area contributed by atoms with Gasteiger partial charge in [0.15, 0.2) is 0 Å². The number of hydrogen-bond acceptors (Lipinski definition) is 5. The summed E-state index contributed by atoms with van der Waals surface area (Å²) in [7, 11) is 0. The Hall–Kier alpha value is -1.20. The van der Waals surface area contributed by atoms with Crippen LogP contribution >= 0.6 is 11.3 Å². The molecule has 0 spiro atoms. The summed E-state index contributed by atoms with van der Waals surface area (Å²) < 4.78 is 5.36. The van der Waals surface area contributed by atoms with Gasteiger partial charge in [-0.1, -0.05) is 5.16 Å². The minimum Gasteiger partial charge on any atom is -0.337 e. The van der Waals surface area contributed by atoms with Gasteiger partial charge >= 0.3 is 0 Å². The van der Waals surface area contributed by atoms with Gasteiger partial charge in [-0.05, 0) is 37.8 Å². The molecule has 1 N–H and O–H groups in total. The lowest BCUT2D eigenvalue weighted by Gasteiger charge is -2.18. The van der Waals surface area contributed by atoms with Crippen LogP contribution in [0.25, 0.3) is 11.4 Å². The number of aromatic nitrogens is 2. The molecule has 3 rings (SSSR count). The van der Waals surface area contributed by atoms with Gasteiger partial charge in [-0.25, -0.2) is 0 Å². The van der Waals surface area contributed by atoms with Gasteiger partial charge in [0.05, 0.1) is 5.54 Å². The molecule has 84 valence electrons. The van der Waals surface area contributed by atoms with Crippen LogP contribution in [0.2, 0.25) is 0 Å². The van der Waals surface area contributed by atoms with Crippen LogP contribution in [0.1, 0.15) is 25.7 Å². The molecule has 1 atom stereocenters. The summed E-state index contributed by atoms with van der Waals surface area (Å²) in [5, 5.41) is 11.5. The molecule has 16 heavy (non-hydrogen) atoms. The van der Waals surface area contributed by atoms with E-state index in [4.69, 9.17) is 4.52 Å². The molecule has 0 radical (unpaired) electrons. The van der Waals surface area contributed by atoms with E-state index in [1.54, 1.807) is 11.3 Å². The van der Waals surface area contributed by atoms with Crippen LogP contribution in [-0.4, -0.2) is 16.7 Å². The molecule has 0 amide bonds. The first-order valence-corrected chi connectivity index (χ1v) is 6.34. The first-order valence-electron chi connectivity index (χ1n) is 5.40. The second-order valence-corrected chi connectivity index (χ2v) is 5.08. The van der Waals surface area contributed by atoms with Gasteiger partial charge in [0.25, 0.3) is 0 Å². The van der Waals surface area contributed by atoms with Gasteiger partial charge in [0, 0.05) is 10.9 Å². The Kier molecular flexibility index (Phi) is 2.29. The van der Waals surface area contributed by atoms with E-state index >= 15 is 0 Å². The minimum absolute atomic E-state index is 0.138. The lowest BCUT2D eigenvalue weighted by atomic mass is 10.0. The Morgan fingerprint density at radius 1 is 1.56 bits per heavy atom. The molecule has 0 aromatic carbocycles. The van der Waals surface area contributed by atoms with Crippen molar-refractivity contribution in [3.05, 3.63) is 22.7 Å². The molecule has 0 aliphatic carbocycles. The Bertz CT molecular complexity index is 471. The third-order valence-electron chi connectivity index (χ3n) is 3.05. The van der Waals surface area contributed by atoms with Crippen molar-refractivity contribution in [2.45, 2.75) is 25.3 Å². The van der Waals surface area contributed by atoms with E-state index in [0.717, 1.165) is 24.9 Å². The van der Waals surface area contributed by atoms with E-state index in [-0.39, 0.29) is 5.54 Å². The van der Waals surface area contributed by atoms with E-state index in [1.165, 1.54) is 0 Å². The van der Waals surface area contributed by atoms with Gasteiger partial charge in [-0.15, -0.1) is 0 Å². The predicted molar refractivity (Wildman–Crippen MR) is 62.2 cm³/mol. The number of nitrogens with zero attached hydrogens (tertiary/aromatic N) is 2. The number of nitrogens with one attached hydrogen (secondary N) is 1. The average molecular weight is 235 g/mol. The van der Waals surface area contributed by atoms with E-state index in [9.17, 15) is 0 Å². The fraction of sp³-hybridized carbons (Fsp3) is 0.455. The van der Waals surface area contributed by atoms with Crippen molar-refractivity contribution in [3.63, 3.8) is 0 Å². The van der Waals surface area contributed by atoms with Crippen molar-refractivity contribution >= 4 is 11.3 Å². The summed E-state index contributed by atoms with van der Waals surface area (Å²) in [5.74, 6) is 1.39. The molecule has 5 heteroatoms. The minimum atomic E-state index is -0.138. The molecule has 2 aromatic rings. The molecular formula is C11H13N3OS. The number of rotatable bonds is 2. The summed E-state index contributed by atoms with van der Waals surface area (Å²) in [6, 6.07) is 2.00. The van der Waals surface area contributed by atoms with Gasteiger partial charge in [0.2, 0.25) is 11.7 Å². The fourth-order valence-corrected chi connectivity index (χ4v) is 2.67. The Morgan fingerprint density at radius 2 is 2.50 bits per heavy atom.